The minimum absolute atomic E-state index is 0.00191. The molecule has 240 valence electrons. The van der Waals surface area contributed by atoms with Crippen molar-refractivity contribution in [1.29, 1.82) is 0 Å². The molecule has 16 nitrogen and oxygen atoms in total. The summed E-state index contributed by atoms with van der Waals surface area (Å²) in [5.74, 6) is 7.58. The van der Waals surface area contributed by atoms with E-state index in [1.54, 1.807) is 0 Å². The summed E-state index contributed by atoms with van der Waals surface area (Å²) in [6.07, 6.45) is 0.445. The molecule has 8 fully saturated rings. The van der Waals surface area contributed by atoms with E-state index >= 15 is 0 Å². The third-order valence-corrected chi connectivity index (χ3v) is 10.7. The highest BCUT2D eigenvalue weighted by Gasteiger charge is 2.56. The van der Waals surface area contributed by atoms with Crippen LogP contribution in [0.1, 0.15) is 0 Å². The van der Waals surface area contributed by atoms with Crippen LogP contribution < -0.4 is 58.6 Å². The highest BCUT2D eigenvalue weighted by molar-refractivity contribution is 5.21. The van der Waals surface area contributed by atoms with E-state index in [-0.39, 0.29) is 55.1 Å². The number of hydrazine groups is 1. The number of fused-ring (bicyclic) bond motifs is 2. The molecule has 0 aromatic rings. The molecule has 8 aliphatic rings. The maximum absolute atomic E-state index is 11.3. The van der Waals surface area contributed by atoms with Crippen molar-refractivity contribution in [3.8, 4) is 11.8 Å². The fourth-order valence-corrected chi connectivity index (χ4v) is 8.33. The van der Waals surface area contributed by atoms with E-state index in [1.165, 1.54) is 0 Å². The molecule has 0 bridgehead atoms. The third kappa shape index (κ3) is 5.85. The second-order valence-corrected chi connectivity index (χ2v) is 13.6. The fraction of sp³-hybridized carbons (Fsp3) is 0.926. The van der Waals surface area contributed by atoms with Crippen LogP contribution in [0.25, 0.3) is 0 Å². The Morgan fingerprint density at radius 2 is 1.63 bits per heavy atom. The molecular formula is C27H51N15O. The van der Waals surface area contributed by atoms with Gasteiger partial charge in [-0.3, -0.25) is 68.0 Å². The van der Waals surface area contributed by atoms with Gasteiger partial charge < -0.3 is 10.4 Å². The van der Waals surface area contributed by atoms with Crippen LogP contribution in [0.15, 0.2) is 0 Å². The standard InChI is InChI=1S/C27H51N15O/c1-39-6-5-29-26(39)27(43)12-41(13-27)25-20-22(32-15-33-25)38-24(36-20)23-35-18(19-21(37-23)31-14-30-19)3-2-17-10-34-42(11-17)9-8-40-7-4-28-16-40/h17-26,28-38,43H,4-16H2,1H3. The summed E-state index contributed by atoms with van der Waals surface area (Å²) >= 11 is 0. The van der Waals surface area contributed by atoms with Crippen LogP contribution in [0.5, 0.6) is 0 Å². The van der Waals surface area contributed by atoms with E-state index < -0.39 is 5.60 Å². The van der Waals surface area contributed by atoms with Gasteiger partial charge in [0.2, 0.25) is 0 Å². The van der Waals surface area contributed by atoms with E-state index in [0.717, 1.165) is 72.4 Å². The van der Waals surface area contributed by atoms with Gasteiger partial charge in [0.15, 0.2) is 0 Å². The van der Waals surface area contributed by atoms with E-state index in [2.05, 4.69) is 97.2 Å². The SMILES string of the molecule is CN1CCNC1C1(O)CN(C2NCNC3NC(C4NC(C#CC5CNN(CCN6CCNC6)C5)C5NCNC5N4)NC32)C1. The Morgan fingerprint density at radius 1 is 0.814 bits per heavy atom. The molecule has 8 saturated heterocycles. The summed E-state index contributed by atoms with van der Waals surface area (Å²) in [6, 6.07) is 0.393. The number of hydrogen-bond acceptors (Lipinski definition) is 16. The molecule has 0 aliphatic carbocycles. The third-order valence-electron chi connectivity index (χ3n) is 10.7. The molecular weight excluding hydrogens is 550 g/mol. The zero-order valence-corrected chi connectivity index (χ0v) is 25.2. The first kappa shape index (κ1) is 29.3. The lowest BCUT2D eigenvalue weighted by Gasteiger charge is -2.56. The number of likely N-dealkylation sites (N-methyl/N-ethyl adjacent to an activating group) is 1. The number of β-amino-alcohol motifs (C(OH)–C–C–N with tert-alkyl or cyclic N) is 1. The predicted octanol–water partition coefficient (Wildman–Crippen LogP) is -7.38. The molecule has 0 saturated carbocycles. The van der Waals surface area contributed by atoms with Gasteiger partial charge in [-0.25, -0.2) is 5.01 Å². The van der Waals surface area contributed by atoms with Gasteiger partial charge in [-0.2, -0.15) is 0 Å². The highest BCUT2D eigenvalue weighted by Crippen LogP contribution is 2.31. The van der Waals surface area contributed by atoms with Crippen LogP contribution in [0, 0.1) is 17.8 Å². The van der Waals surface area contributed by atoms with Crippen LogP contribution in [0.4, 0.5) is 0 Å². The van der Waals surface area contributed by atoms with Crippen molar-refractivity contribution in [2.24, 2.45) is 5.92 Å². The molecule has 0 aromatic heterocycles. The van der Waals surface area contributed by atoms with E-state index in [1.807, 2.05) is 0 Å². The van der Waals surface area contributed by atoms with Crippen molar-refractivity contribution in [2.45, 2.75) is 60.7 Å². The molecule has 10 atom stereocenters. The number of nitrogens with one attached hydrogen (secondary N) is 11. The lowest BCUT2D eigenvalue weighted by molar-refractivity contribution is -0.164. The molecule has 16 heteroatoms. The lowest BCUT2D eigenvalue weighted by atomic mass is 9.88. The van der Waals surface area contributed by atoms with Crippen molar-refractivity contribution in [3.63, 3.8) is 0 Å². The van der Waals surface area contributed by atoms with Gasteiger partial charge in [-0.15, -0.1) is 0 Å². The van der Waals surface area contributed by atoms with Crippen LogP contribution >= 0.6 is 0 Å². The van der Waals surface area contributed by atoms with Gasteiger partial charge in [0.25, 0.3) is 0 Å². The lowest BCUT2D eigenvalue weighted by Crippen LogP contribution is -2.79. The van der Waals surface area contributed by atoms with Crippen molar-refractivity contribution >= 4 is 0 Å². The van der Waals surface area contributed by atoms with Gasteiger partial charge in [0.1, 0.15) is 5.60 Å². The Kier molecular flexibility index (Phi) is 8.37. The van der Waals surface area contributed by atoms with Gasteiger partial charge in [0.05, 0.1) is 55.1 Å². The first-order valence-electron chi connectivity index (χ1n) is 16.3. The molecule has 10 unspecified atom stereocenters. The average Bonchev–Trinajstić information content (AvgIpc) is 3.82. The molecule has 0 amide bonds. The van der Waals surface area contributed by atoms with Gasteiger partial charge in [-0.05, 0) is 7.05 Å². The molecule has 0 aromatic carbocycles. The average molecular weight is 602 g/mol. The number of rotatable bonds is 6. The summed E-state index contributed by atoms with van der Waals surface area (Å²) in [4.78, 5) is 7.07. The molecule has 12 N–H and O–H groups in total. The zero-order chi connectivity index (χ0) is 29.0. The summed E-state index contributed by atoms with van der Waals surface area (Å²) in [6.45, 7) is 11.9. The predicted molar refractivity (Wildman–Crippen MR) is 161 cm³/mol. The zero-order valence-electron chi connectivity index (χ0n) is 25.2. The molecule has 8 aliphatic heterocycles. The Hall–Kier alpha value is -1.08. The summed E-state index contributed by atoms with van der Waals surface area (Å²) < 4.78 is 0. The van der Waals surface area contributed by atoms with Crippen molar-refractivity contribution in [2.75, 3.05) is 92.5 Å². The Morgan fingerprint density at radius 3 is 2.42 bits per heavy atom. The van der Waals surface area contributed by atoms with Crippen LogP contribution in [0.3, 0.4) is 0 Å². The summed E-state index contributed by atoms with van der Waals surface area (Å²) in [5, 5.41) is 50.2. The fourth-order valence-electron chi connectivity index (χ4n) is 8.33. The maximum atomic E-state index is 11.3. The molecule has 8 rings (SSSR count). The van der Waals surface area contributed by atoms with Gasteiger partial charge in [-0.1, -0.05) is 11.8 Å². The maximum Gasteiger partial charge on any atom is 0.119 e. The molecule has 8 heterocycles. The first-order valence-corrected chi connectivity index (χ1v) is 16.3. The smallest absolute Gasteiger partial charge is 0.119 e. The summed E-state index contributed by atoms with van der Waals surface area (Å²) in [5.41, 5.74) is 2.84. The van der Waals surface area contributed by atoms with Gasteiger partial charge in [0, 0.05) is 91.4 Å². The number of hydrogen-bond donors (Lipinski definition) is 12. The van der Waals surface area contributed by atoms with Crippen molar-refractivity contribution in [1.82, 2.24) is 78.3 Å². The van der Waals surface area contributed by atoms with Crippen LogP contribution in [0.2, 0.25) is 0 Å². The summed E-state index contributed by atoms with van der Waals surface area (Å²) in [7, 11) is 2.09. The first-order chi connectivity index (χ1) is 21.0. The number of aliphatic hydroxyl groups is 1. The van der Waals surface area contributed by atoms with Gasteiger partial charge >= 0.3 is 0 Å². The Balaban J connectivity index is 0.876. The molecule has 43 heavy (non-hydrogen) atoms. The second kappa shape index (κ2) is 12.3. The highest BCUT2D eigenvalue weighted by atomic mass is 16.3. The number of likely N-dealkylation sites (tertiary alicyclic amines) is 1. The quantitative estimate of drug-likeness (QED) is 0.130. The van der Waals surface area contributed by atoms with Crippen LogP contribution in [-0.4, -0.2) is 178 Å². The second-order valence-electron chi connectivity index (χ2n) is 13.6. The molecule has 0 radical (unpaired) electrons. The normalized spacial score (nSPS) is 45.5. The van der Waals surface area contributed by atoms with Crippen LogP contribution in [-0.2, 0) is 0 Å². The topological polar surface area (TPSA) is 166 Å². The van der Waals surface area contributed by atoms with Crippen molar-refractivity contribution < 1.29 is 5.11 Å². The van der Waals surface area contributed by atoms with E-state index in [4.69, 9.17) is 0 Å². The van der Waals surface area contributed by atoms with E-state index in [9.17, 15) is 5.11 Å². The Bertz CT molecular complexity index is 1050. The monoisotopic (exact) mass is 601 g/mol. The largest absolute Gasteiger partial charge is 0.384 e. The minimum Gasteiger partial charge on any atom is -0.384 e. The number of nitrogens with zero attached hydrogens (tertiary/aromatic N) is 4. The van der Waals surface area contributed by atoms with E-state index in [0.29, 0.717) is 19.0 Å². The minimum atomic E-state index is -0.718. The Labute approximate surface area is 254 Å². The van der Waals surface area contributed by atoms with Crippen molar-refractivity contribution in [3.05, 3.63) is 0 Å². The molecule has 0 spiro atoms.